The Morgan fingerprint density at radius 3 is 2.12 bits per heavy atom. The van der Waals surface area contributed by atoms with Crippen LogP contribution in [0.1, 0.15) is 43.6 Å². The number of hydrogen-bond acceptors (Lipinski definition) is 1. The highest BCUT2D eigenvalue weighted by atomic mass is 19.1. The van der Waals surface area contributed by atoms with Crippen LogP contribution >= 0.6 is 0 Å². The predicted molar refractivity (Wildman–Crippen MR) is 64.7 cm³/mol. The third-order valence-corrected chi connectivity index (χ3v) is 3.78. The Kier molecular flexibility index (Phi) is 4.11. The minimum atomic E-state index is -0.468. The highest BCUT2D eigenvalue weighted by Gasteiger charge is 2.22. The molecule has 0 spiro atoms. The molecule has 17 heavy (non-hydrogen) atoms. The first-order valence-corrected chi connectivity index (χ1v) is 6.35. The Labute approximate surface area is 101 Å². The van der Waals surface area contributed by atoms with E-state index in [2.05, 4.69) is 0 Å². The molecule has 0 aliphatic heterocycles. The average Bonchev–Trinajstić information content (AvgIpc) is 2.29. The molecule has 94 valence electrons. The van der Waals surface area contributed by atoms with Gasteiger partial charge in [-0.2, -0.15) is 0 Å². The van der Waals surface area contributed by atoms with Crippen LogP contribution in [-0.4, -0.2) is 6.54 Å². The molecule has 1 aliphatic rings. The minimum Gasteiger partial charge on any atom is -0.330 e. The highest BCUT2D eigenvalue weighted by Crippen LogP contribution is 2.37. The largest absolute Gasteiger partial charge is 0.330 e. The molecule has 1 fully saturated rings. The maximum atomic E-state index is 13.1. The smallest absolute Gasteiger partial charge is 0.126 e. The van der Waals surface area contributed by atoms with Gasteiger partial charge in [0.25, 0.3) is 0 Å². The van der Waals surface area contributed by atoms with Crippen molar-refractivity contribution in [1.82, 2.24) is 0 Å². The van der Waals surface area contributed by atoms with Crippen molar-refractivity contribution in [3.05, 3.63) is 35.4 Å². The molecule has 0 atom stereocenters. The fraction of sp³-hybridized carbons (Fsp3) is 0.571. The number of hydrogen-bond donors (Lipinski definition) is 1. The van der Waals surface area contributed by atoms with Crippen molar-refractivity contribution in [2.24, 2.45) is 11.7 Å². The molecule has 1 nitrogen and oxygen atoms in total. The Bertz CT molecular complexity index is 350. The lowest BCUT2D eigenvalue weighted by atomic mass is 9.77. The Balaban J connectivity index is 2.00. The van der Waals surface area contributed by atoms with Gasteiger partial charge >= 0.3 is 0 Å². The van der Waals surface area contributed by atoms with Crippen LogP contribution in [-0.2, 0) is 0 Å². The fourth-order valence-electron chi connectivity index (χ4n) is 2.83. The molecule has 1 aliphatic carbocycles. The molecule has 0 unspecified atom stereocenters. The third-order valence-electron chi connectivity index (χ3n) is 3.78. The molecule has 3 heteroatoms. The summed E-state index contributed by atoms with van der Waals surface area (Å²) in [7, 11) is 0. The Morgan fingerprint density at radius 1 is 1.00 bits per heavy atom. The average molecular weight is 239 g/mol. The molecule has 0 heterocycles. The minimum absolute atomic E-state index is 0.314. The van der Waals surface area contributed by atoms with Crippen LogP contribution < -0.4 is 5.73 Å². The second kappa shape index (κ2) is 5.58. The van der Waals surface area contributed by atoms with Gasteiger partial charge in [-0.1, -0.05) is 0 Å². The van der Waals surface area contributed by atoms with Crippen molar-refractivity contribution in [2.45, 2.75) is 38.0 Å². The van der Waals surface area contributed by atoms with Crippen molar-refractivity contribution in [2.75, 3.05) is 6.54 Å². The van der Waals surface area contributed by atoms with Gasteiger partial charge in [-0.25, -0.2) is 8.78 Å². The summed E-state index contributed by atoms with van der Waals surface area (Å²) in [5.41, 5.74) is 6.36. The second-order valence-electron chi connectivity index (χ2n) is 5.00. The molecule has 1 saturated carbocycles. The number of benzene rings is 1. The van der Waals surface area contributed by atoms with Gasteiger partial charge in [0.05, 0.1) is 0 Å². The van der Waals surface area contributed by atoms with E-state index in [1.807, 2.05) is 0 Å². The van der Waals surface area contributed by atoms with E-state index in [9.17, 15) is 8.78 Å². The van der Waals surface area contributed by atoms with Crippen LogP contribution in [0.5, 0.6) is 0 Å². The zero-order valence-corrected chi connectivity index (χ0v) is 9.96. The molecule has 0 saturated heterocycles. The van der Waals surface area contributed by atoms with Gasteiger partial charge in [0.2, 0.25) is 0 Å². The normalized spacial score (nSPS) is 24.9. The maximum Gasteiger partial charge on any atom is 0.126 e. The molecule has 1 aromatic carbocycles. The van der Waals surface area contributed by atoms with Gasteiger partial charge in [0, 0.05) is 6.07 Å². The van der Waals surface area contributed by atoms with Crippen molar-refractivity contribution < 1.29 is 8.78 Å². The first kappa shape index (κ1) is 12.5. The van der Waals surface area contributed by atoms with E-state index in [0.717, 1.165) is 50.3 Å². The van der Waals surface area contributed by atoms with E-state index in [1.54, 1.807) is 0 Å². The van der Waals surface area contributed by atoms with E-state index in [4.69, 9.17) is 5.73 Å². The lowest BCUT2D eigenvalue weighted by Crippen LogP contribution is -2.16. The third kappa shape index (κ3) is 3.25. The van der Waals surface area contributed by atoms with E-state index >= 15 is 0 Å². The number of rotatable bonds is 3. The van der Waals surface area contributed by atoms with Crippen molar-refractivity contribution in [1.29, 1.82) is 0 Å². The summed E-state index contributed by atoms with van der Waals surface area (Å²) < 4.78 is 26.2. The monoisotopic (exact) mass is 239 g/mol. The summed E-state index contributed by atoms with van der Waals surface area (Å²) in [6.45, 7) is 0.740. The lowest BCUT2D eigenvalue weighted by molar-refractivity contribution is 0.312. The van der Waals surface area contributed by atoms with Crippen LogP contribution in [0, 0.1) is 17.6 Å². The quantitative estimate of drug-likeness (QED) is 0.857. The maximum absolute atomic E-state index is 13.1. The van der Waals surface area contributed by atoms with Gasteiger partial charge in [-0.05, 0) is 68.2 Å². The fourth-order valence-corrected chi connectivity index (χ4v) is 2.83. The molecule has 2 N–H and O–H groups in total. The molecule has 1 aromatic rings. The SMILES string of the molecule is NCCC1CCC(c2cc(F)cc(F)c2)CC1. The summed E-state index contributed by atoms with van der Waals surface area (Å²) in [6.07, 6.45) is 5.37. The second-order valence-corrected chi connectivity index (χ2v) is 5.00. The summed E-state index contributed by atoms with van der Waals surface area (Å²) in [4.78, 5) is 0. The van der Waals surface area contributed by atoms with Gasteiger partial charge in [-0.15, -0.1) is 0 Å². The molecule has 0 bridgehead atoms. The van der Waals surface area contributed by atoms with E-state index < -0.39 is 11.6 Å². The zero-order valence-electron chi connectivity index (χ0n) is 9.96. The standard InChI is InChI=1S/C14H19F2N/c15-13-7-12(8-14(16)9-13)11-3-1-10(2-4-11)5-6-17/h7-11H,1-6,17H2. The van der Waals surface area contributed by atoms with Gasteiger partial charge < -0.3 is 5.73 Å². The predicted octanol–water partition coefficient (Wildman–Crippen LogP) is 3.59. The van der Waals surface area contributed by atoms with Gasteiger partial charge in [0.15, 0.2) is 0 Å². The summed E-state index contributed by atoms with van der Waals surface area (Å²) >= 11 is 0. The van der Waals surface area contributed by atoms with Crippen molar-refractivity contribution in [3.8, 4) is 0 Å². The summed E-state index contributed by atoms with van der Waals surface area (Å²) in [5.74, 6) is 0.0806. The molecule has 0 amide bonds. The summed E-state index contributed by atoms with van der Waals surface area (Å²) in [5, 5.41) is 0. The first-order valence-electron chi connectivity index (χ1n) is 6.35. The van der Waals surface area contributed by atoms with E-state index in [1.165, 1.54) is 12.1 Å². The van der Waals surface area contributed by atoms with Crippen LogP contribution in [0.2, 0.25) is 0 Å². The molecule has 0 radical (unpaired) electrons. The molecular weight excluding hydrogens is 220 g/mol. The van der Waals surface area contributed by atoms with E-state index in [-0.39, 0.29) is 0 Å². The first-order chi connectivity index (χ1) is 8.19. The molecular formula is C14H19F2N. The lowest BCUT2D eigenvalue weighted by Gasteiger charge is -2.28. The van der Waals surface area contributed by atoms with Crippen LogP contribution in [0.15, 0.2) is 18.2 Å². The number of nitrogens with two attached hydrogens (primary N) is 1. The Hall–Kier alpha value is -0.960. The van der Waals surface area contributed by atoms with Gasteiger partial charge in [-0.3, -0.25) is 0 Å². The number of halogens is 2. The molecule has 2 rings (SSSR count). The van der Waals surface area contributed by atoms with Crippen molar-refractivity contribution >= 4 is 0 Å². The Morgan fingerprint density at radius 2 is 1.59 bits per heavy atom. The highest BCUT2D eigenvalue weighted by molar-refractivity contribution is 5.22. The van der Waals surface area contributed by atoms with Crippen molar-refractivity contribution in [3.63, 3.8) is 0 Å². The van der Waals surface area contributed by atoms with Gasteiger partial charge in [0.1, 0.15) is 11.6 Å². The molecule has 0 aromatic heterocycles. The van der Waals surface area contributed by atoms with Crippen LogP contribution in [0.25, 0.3) is 0 Å². The zero-order chi connectivity index (χ0) is 12.3. The van der Waals surface area contributed by atoms with Crippen LogP contribution in [0.3, 0.4) is 0 Å². The summed E-state index contributed by atoms with van der Waals surface area (Å²) in [6, 6.07) is 3.87. The topological polar surface area (TPSA) is 26.0 Å². The van der Waals surface area contributed by atoms with E-state index in [0.29, 0.717) is 11.8 Å². The van der Waals surface area contributed by atoms with Crippen LogP contribution in [0.4, 0.5) is 8.78 Å².